The molecule has 0 radical (unpaired) electrons. The lowest BCUT2D eigenvalue weighted by atomic mass is 9.62. The average Bonchev–Trinajstić information content (AvgIpc) is 2.42. The molecule has 0 spiro atoms. The van der Waals surface area contributed by atoms with E-state index in [1.807, 2.05) is 0 Å². The highest BCUT2D eigenvalue weighted by Crippen LogP contribution is 2.50. The normalized spacial score (nSPS) is 22.0. The van der Waals surface area contributed by atoms with Gasteiger partial charge in [-0.1, -0.05) is 19.9 Å². The Morgan fingerprint density at radius 3 is 2.25 bits per heavy atom. The van der Waals surface area contributed by atoms with Crippen molar-refractivity contribution in [1.29, 1.82) is 5.26 Å². The van der Waals surface area contributed by atoms with Crippen LogP contribution in [0.4, 0.5) is 8.78 Å². The lowest BCUT2D eigenvalue weighted by Gasteiger charge is -2.42. The minimum atomic E-state index is -1.08. The van der Waals surface area contributed by atoms with E-state index >= 15 is 0 Å². The first-order chi connectivity index (χ1) is 9.30. The van der Waals surface area contributed by atoms with Crippen molar-refractivity contribution in [3.63, 3.8) is 0 Å². The summed E-state index contributed by atoms with van der Waals surface area (Å²) in [6.45, 7) is 4.27. The van der Waals surface area contributed by atoms with Crippen molar-refractivity contribution in [2.45, 2.75) is 45.6 Å². The number of rotatable bonds is 2. The van der Waals surface area contributed by atoms with E-state index in [0.717, 1.165) is 25.0 Å². The molecule has 1 aliphatic rings. The smallest absolute Gasteiger partial charge is 0.159 e. The molecule has 0 bridgehead atoms. The van der Waals surface area contributed by atoms with Gasteiger partial charge in [-0.3, -0.25) is 0 Å². The maximum Gasteiger partial charge on any atom is 0.159 e. The molecule has 20 heavy (non-hydrogen) atoms. The molecule has 1 unspecified atom stereocenters. The van der Waals surface area contributed by atoms with Gasteiger partial charge < -0.3 is 5.11 Å². The van der Waals surface area contributed by atoms with Gasteiger partial charge in [-0.2, -0.15) is 5.26 Å². The van der Waals surface area contributed by atoms with Crippen LogP contribution in [-0.4, -0.2) is 5.11 Å². The minimum Gasteiger partial charge on any atom is -0.387 e. The fourth-order valence-electron chi connectivity index (χ4n) is 2.82. The number of hydrogen-bond acceptors (Lipinski definition) is 2. The molecule has 2 rings (SSSR count). The molecule has 1 N–H and O–H groups in total. The summed E-state index contributed by atoms with van der Waals surface area (Å²) in [6, 6.07) is 5.55. The van der Waals surface area contributed by atoms with Crippen LogP contribution in [0.2, 0.25) is 0 Å². The maximum absolute atomic E-state index is 13.3. The highest BCUT2D eigenvalue weighted by Gasteiger charge is 2.44. The van der Waals surface area contributed by atoms with E-state index in [0.29, 0.717) is 12.8 Å². The Morgan fingerprint density at radius 2 is 1.75 bits per heavy atom. The number of benzene rings is 1. The SMILES string of the molecule is CC1(C)CCC(C#N)(C(O)c2ccc(F)c(F)c2)CC1. The molecule has 1 aromatic rings. The number of nitriles is 1. The van der Waals surface area contributed by atoms with Crippen LogP contribution in [0, 0.1) is 33.8 Å². The van der Waals surface area contributed by atoms with Gasteiger partial charge in [0.05, 0.1) is 17.6 Å². The molecule has 1 saturated carbocycles. The van der Waals surface area contributed by atoms with Crippen molar-refractivity contribution in [3.8, 4) is 6.07 Å². The highest BCUT2D eigenvalue weighted by atomic mass is 19.2. The summed E-state index contributed by atoms with van der Waals surface area (Å²) < 4.78 is 26.3. The van der Waals surface area contributed by atoms with E-state index in [-0.39, 0.29) is 11.0 Å². The Balaban J connectivity index is 2.28. The van der Waals surface area contributed by atoms with E-state index < -0.39 is 23.2 Å². The second kappa shape index (κ2) is 5.14. The third-order valence-electron chi connectivity index (χ3n) is 4.50. The number of halogens is 2. The summed E-state index contributed by atoms with van der Waals surface area (Å²) in [7, 11) is 0. The van der Waals surface area contributed by atoms with Crippen LogP contribution in [0.3, 0.4) is 0 Å². The average molecular weight is 279 g/mol. The lowest BCUT2D eigenvalue weighted by Crippen LogP contribution is -2.35. The van der Waals surface area contributed by atoms with Crippen LogP contribution in [0.1, 0.15) is 51.2 Å². The first-order valence-electron chi connectivity index (χ1n) is 6.84. The molecule has 1 atom stereocenters. The summed E-state index contributed by atoms with van der Waals surface area (Å²) in [5, 5.41) is 20.0. The molecule has 108 valence electrons. The lowest BCUT2D eigenvalue weighted by molar-refractivity contribution is 0.00933. The summed E-state index contributed by atoms with van der Waals surface area (Å²) in [5.74, 6) is -1.94. The number of aliphatic hydroxyl groups excluding tert-OH is 1. The van der Waals surface area contributed by atoms with Gasteiger partial charge in [-0.05, 0) is 48.8 Å². The molecule has 0 heterocycles. The van der Waals surface area contributed by atoms with Crippen LogP contribution in [0.15, 0.2) is 18.2 Å². The van der Waals surface area contributed by atoms with Gasteiger partial charge >= 0.3 is 0 Å². The van der Waals surface area contributed by atoms with Gasteiger partial charge in [0, 0.05) is 0 Å². The zero-order chi connectivity index (χ0) is 15.0. The molecule has 0 aliphatic heterocycles. The fraction of sp³-hybridized carbons (Fsp3) is 0.562. The molecule has 0 amide bonds. The molecule has 1 aliphatic carbocycles. The Labute approximate surface area is 118 Å². The van der Waals surface area contributed by atoms with Crippen molar-refractivity contribution in [3.05, 3.63) is 35.4 Å². The Kier molecular flexibility index (Phi) is 3.84. The fourth-order valence-corrected chi connectivity index (χ4v) is 2.82. The quantitative estimate of drug-likeness (QED) is 0.885. The Hall–Kier alpha value is -1.47. The Morgan fingerprint density at radius 1 is 1.15 bits per heavy atom. The molecule has 4 heteroatoms. The molecular formula is C16H19F2NO. The highest BCUT2D eigenvalue weighted by molar-refractivity contribution is 5.25. The third-order valence-corrected chi connectivity index (χ3v) is 4.50. The Bertz CT molecular complexity index is 538. The van der Waals surface area contributed by atoms with Crippen molar-refractivity contribution < 1.29 is 13.9 Å². The van der Waals surface area contributed by atoms with Gasteiger partial charge in [0.2, 0.25) is 0 Å². The van der Waals surface area contributed by atoms with Crippen molar-refractivity contribution >= 4 is 0 Å². The first kappa shape index (κ1) is 14.9. The van der Waals surface area contributed by atoms with Crippen LogP contribution < -0.4 is 0 Å². The summed E-state index contributed by atoms with van der Waals surface area (Å²) in [5.41, 5.74) is -0.473. The maximum atomic E-state index is 13.3. The monoisotopic (exact) mass is 279 g/mol. The summed E-state index contributed by atoms with van der Waals surface area (Å²) >= 11 is 0. The molecular weight excluding hydrogens is 260 g/mol. The van der Waals surface area contributed by atoms with Gasteiger partial charge in [0.25, 0.3) is 0 Å². The molecule has 1 fully saturated rings. The summed E-state index contributed by atoms with van der Waals surface area (Å²) in [4.78, 5) is 0. The van der Waals surface area contributed by atoms with Crippen molar-refractivity contribution in [1.82, 2.24) is 0 Å². The largest absolute Gasteiger partial charge is 0.387 e. The van der Waals surface area contributed by atoms with Crippen molar-refractivity contribution in [2.75, 3.05) is 0 Å². The zero-order valence-electron chi connectivity index (χ0n) is 11.8. The molecule has 2 nitrogen and oxygen atoms in total. The minimum absolute atomic E-state index is 0.161. The van der Waals surface area contributed by atoms with Crippen LogP contribution >= 0.6 is 0 Å². The number of nitrogens with zero attached hydrogens (tertiary/aromatic N) is 1. The molecule has 1 aromatic carbocycles. The first-order valence-corrected chi connectivity index (χ1v) is 6.84. The van der Waals surface area contributed by atoms with Gasteiger partial charge in [-0.25, -0.2) is 8.78 Å². The van der Waals surface area contributed by atoms with Crippen LogP contribution in [0.5, 0.6) is 0 Å². The molecule has 0 saturated heterocycles. The summed E-state index contributed by atoms with van der Waals surface area (Å²) in [6.07, 6.45) is 1.72. The zero-order valence-corrected chi connectivity index (χ0v) is 11.8. The van der Waals surface area contributed by atoms with E-state index in [9.17, 15) is 19.1 Å². The third kappa shape index (κ3) is 2.69. The van der Waals surface area contributed by atoms with Crippen LogP contribution in [-0.2, 0) is 0 Å². The predicted octanol–water partition coefficient (Wildman–Crippen LogP) is 4.11. The topological polar surface area (TPSA) is 44.0 Å². The predicted molar refractivity (Wildman–Crippen MR) is 71.6 cm³/mol. The second-order valence-corrected chi connectivity index (χ2v) is 6.51. The van der Waals surface area contributed by atoms with E-state index in [2.05, 4.69) is 19.9 Å². The van der Waals surface area contributed by atoms with E-state index in [4.69, 9.17) is 0 Å². The van der Waals surface area contributed by atoms with Gasteiger partial charge in [0.1, 0.15) is 0 Å². The molecule has 0 aromatic heterocycles. The number of hydrogen-bond donors (Lipinski definition) is 1. The second-order valence-electron chi connectivity index (χ2n) is 6.51. The van der Waals surface area contributed by atoms with E-state index in [1.165, 1.54) is 6.07 Å². The van der Waals surface area contributed by atoms with Gasteiger partial charge in [-0.15, -0.1) is 0 Å². The van der Waals surface area contributed by atoms with E-state index in [1.54, 1.807) is 0 Å². The van der Waals surface area contributed by atoms with Crippen LogP contribution in [0.25, 0.3) is 0 Å². The van der Waals surface area contributed by atoms with Gasteiger partial charge in [0.15, 0.2) is 11.6 Å². The standard InChI is InChI=1S/C16H19F2NO/c1-15(2)5-7-16(10-19,8-6-15)14(20)11-3-4-12(17)13(18)9-11/h3-4,9,14,20H,5-8H2,1-2H3. The van der Waals surface area contributed by atoms with Crippen molar-refractivity contribution in [2.24, 2.45) is 10.8 Å². The number of aliphatic hydroxyl groups is 1.